The van der Waals surface area contributed by atoms with E-state index in [0.29, 0.717) is 31.3 Å². The molecule has 0 saturated heterocycles. The molecule has 0 bridgehead atoms. The summed E-state index contributed by atoms with van der Waals surface area (Å²) in [5, 5.41) is 1.29. The molecular weight excluding hydrogens is 455 g/mol. The molecule has 5 nitrogen and oxygen atoms in total. The Morgan fingerprint density at radius 1 is 1.16 bits per heavy atom. The summed E-state index contributed by atoms with van der Waals surface area (Å²) in [6.07, 6.45) is 2.02. The lowest BCUT2D eigenvalue weighted by Crippen LogP contribution is -2.31. The molecule has 1 unspecified atom stereocenters. The highest BCUT2D eigenvalue weighted by Crippen LogP contribution is 2.41. The van der Waals surface area contributed by atoms with Gasteiger partial charge in [-0.1, -0.05) is 18.5 Å². The van der Waals surface area contributed by atoms with Crippen molar-refractivity contribution in [3.8, 4) is 0 Å². The van der Waals surface area contributed by atoms with E-state index in [1.54, 1.807) is 6.92 Å². The highest BCUT2D eigenvalue weighted by atomic mass is 35.5. The van der Waals surface area contributed by atoms with Gasteiger partial charge in [-0.2, -0.15) is 0 Å². The number of nitrogens with one attached hydrogen (secondary N) is 1. The minimum absolute atomic E-state index is 0.0839. The highest BCUT2D eigenvalue weighted by Gasteiger charge is 2.43. The molecule has 0 aromatic heterocycles. The Labute approximate surface area is 182 Å². The number of rotatable bonds is 6. The van der Waals surface area contributed by atoms with Crippen molar-refractivity contribution < 1.29 is 31.2 Å². The van der Waals surface area contributed by atoms with Gasteiger partial charge in [-0.15, -0.1) is 0 Å². The van der Waals surface area contributed by atoms with Gasteiger partial charge in [-0.25, -0.2) is 21.6 Å². The van der Waals surface area contributed by atoms with Crippen LogP contribution in [-0.4, -0.2) is 25.9 Å². The molecule has 2 aromatic carbocycles. The number of sulfone groups is 1. The van der Waals surface area contributed by atoms with Gasteiger partial charge in [0.25, 0.3) is 5.91 Å². The van der Waals surface area contributed by atoms with Crippen LogP contribution in [0.25, 0.3) is 0 Å². The van der Waals surface area contributed by atoms with Crippen LogP contribution in [0, 0.1) is 29.3 Å². The third kappa shape index (κ3) is 4.62. The Morgan fingerprint density at radius 3 is 2.42 bits per heavy atom. The maximum Gasteiger partial charge on any atom is 0.255 e. The first kappa shape index (κ1) is 23.3. The van der Waals surface area contributed by atoms with Crippen LogP contribution in [0.1, 0.15) is 36.5 Å². The van der Waals surface area contributed by atoms with E-state index in [1.807, 2.05) is 0 Å². The topological polar surface area (TPSA) is 80.3 Å². The standard InChI is InChI=1S/C21H19ClF3NO4S/c1-11-2-3-12(6-7-27)20(11)31(29,30)18-8-13(4-5-15(18)22)21(28)26-14-9-16(23)19(25)17(24)10-14/h4-5,7-12,20H,2-3,6H2,1H3,(H,26,28)/t11?,12-,20-/m0/s1. The normalized spacial score (nSPS) is 21.1. The smallest absolute Gasteiger partial charge is 0.255 e. The van der Waals surface area contributed by atoms with Gasteiger partial charge in [0.15, 0.2) is 27.3 Å². The zero-order valence-corrected chi connectivity index (χ0v) is 17.9. The number of benzene rings is 2. The van der Waals surface area contributed by atoms with Gasteiger partial charge in [-0.3, -0.25) is 4.79 Å². The molecule has 166 valence electrons. The predicted octanol–water partition coefficient (Wildman–Crippen LogP) is 4.79. The number of amides is 1. The Kier molecular flexibility index (Phi) is 6.76. The molecule has 31 heavy (non-hydrogen) atoms. The number of hydrogen-bond donors (Lipinski definition) is 1. The summed E-state index contributed by atoms with van der Waals surface area (Å²) in [6, 6.07) is 4.80. The molecule has 1 amide bonds. The number of hydrogen-bond acceptors (Lipinski definition) is 4. The summed E-state index contributed by atoms with van der Waals surface area (Å²) >= 11 is 6.13. The lowest BCUT2D eigenvalue weighted by molar-refractivity contribution is -0.108. The van der Waals surface area contributed by atoms with Crippen molar-refractivity contribution in [2.45, 2.75) is 36.3 Å². The van der Waals surface area contributed by atoms with Gasteiger partial charge >= 0.3 is 0 Å². The third-order valence-electron chi connectivity index (χ3n) is 5.52. The molecule has 0 radical (unpaired) electrons. The van der Waals surface area contributed by atoms with Crippen molar-refractivity contribution in [1.82, 2.24) is 0 Å². The quantitative estimate of drug-likeness (QED) is 0.483. The number of aldehydes is 1. The number of anilines is 1. The first-order valence-electron chi connectivity index (χ1n) is 9.49. The van der Waals surface area contributed by atoms with Crippen LogP contribution in [0.2, 0.25) is 5.02 Å². The Bertz CT molecular complexity index is 1120. The van der Waals surface area contributed by atoms with Crippen LogP contribution >= 0.6 is 11.6 Å². The van der Waals surface area contributed by atoms with Gasteiger partial charge < -0.3 is 10.1 Å². The average molecular weight is 474 g/mol. The van der Waals surface area contributed by atoms with Gasteiger partial charge in [0.2, 0.25) is 0 Å². The molecule has 1 saturated carbocycles. The van der Waals surface area contributed by atoms with E-state index in [1.165, 1.54) is 12.1 Å². The molecule has 1 fully saturated rings. The lowest BCUT2D eigenvalue weighted by Gasteiger charge is -2.22. The Morgan fingerprint density at radius 2 is 1.81 bits per heavy atom. The van der Waals surface area contributed by atoms with Crippen LogP contribution in [0.3, 0.4) is 0 Å². The van der Waals surface area contributed by atoms with E-state index in [-0.39, 0.29) is 39.4 Å². The van der Waals surface area contributed by atoms with E-state index in [0.717, 1.165) is 6.07 Å². The van der Waals surface area contributed by atoms with E-state index in [2.05, 4.69) is 5.32 Å². The SMILES string of the molecule is CC1CC[C@@H](CC=O)[C@H]1S(=O)(=O)c1cc(C(=O)Nc2cc(F)c(F)c(F)c2)ccc1Cl. The minimum Gasteiger partial charge on any atom is -0.322 e. The third-order valence-corrected chi connectivity index (χ3v) is 8.48. The van der Waals surface area contributed by atoms with Gasteiger partial charge in [-0.05, 0) is 42.9 Å². The molecule has 3 atom stereocenters. The molecule has 3 rings (SSSR count). The summed E-state index contributed by atoms with van der Waals surface area (Å²) in [5.74, 6) is -6.04. The Hall–Kier alpha value is -2.39. The van der Waals surface area contributed by atoms with E-state index < -0.39 is 38.4 Å². The molecular formula is C21H19ClF3NO4S. The fraction of sp³-hybridized carbons (Fsp3) is 0.333. The fourth-order valence-electron chi connectivity index (χ4n) is 4.05. The molecule has 1 N–H and O–H groups in total. The van der Waals surface area contributed by atoms with Crippen molar-refractivity contribution in [2.75, 3.05) is 5.32 Å². The number of carbonyl (C=O) groups excluding carboxylic acids is 2. The van der Waals surface area contributed by atoms with Gasteiger partial charge in [0.1, 0.15) is 6.29 Å². The van der Waals surface area contributed by atoms with Crippen molar-refractivity contribution >= 4 is 39.3 Å². The summed E-state index contributed by atoms with van der Waals surface area (Å²) in [4.78, 5) is 23.3. The molecule has 1 aliphatic rings. The summed E-state index contributed by atoms with van der Waals surface area (Å²) in [6.45, 7) is 1.79. The fourth-order valence-corrected chi connectivity index (χ4v) is 6.91. The second-order valence-corrected chi connectivity index (χ2v) is 10.1. The van der Waals surface area contributed by atoms with Crippen LogP contribution in [0.4, 0.5) is 18.9 Å². The molecule has 2 aromatic rings. The van der Waals surface area contributed by atoms with Crippen LogP contribution in [0.5, 0.6) is 0 Å². The van der Waals surface area contributed by atoms with Crippen molar-refractivity contribution in [1.29, 1.82) is 0 Å². The van der Waals surface area contributed by atoms with E-state index in [4.69, 9.17) is 11.6 Å². The zero-order chi connectivity index (χ0) is 22.9. The molecule has 0 heterocycles. The van der Waals surface area contributed by atoms with Crippen LogP contribution in [0.15, 0.2) is 35.2 Å². The number of halogens is 4. The molecule has 10 heteroatoms. The van der Waals surface area contributed by atoms with Crippen molar-refractivity contribution in [3.05, 3.63) is 58.4 Å². The van der Waals surface area contributed by atoms with E-state index in [9.17, 15) is 31.2 Å². The van der Waals surface area contributed by atoms with Crippen LogP contribution < -0.4 is 5.32 Å². The summed E-state index contributed by atoms with van der Waals surface area (Å²) in [5.41, 5.74) is -0.457. The predicted molar refractivity (Wildman–Crippen MR) is 109 cm³/mol. The minimum atomic E-state index is -3.98. The second-order valence-electron chi connectivity index (χ2n) is 7.58. The van der Waals surface area contributed by atoms with Crippen molar-refractivity contribution in [3.63, 3.8) is 0 Å². The summed E-state index contributed by atoms with van der Waals surface area (Å²) in [7, 11) is -3.98. The number of carbonyl (C=O) groups is 2. The Balaban J connectivity index is 1.94. The maximum atomic E-state index is 13.4. The molecule has 0 aliphatic heterocycles. The zero-order valence-electron chi connectivity index (χ0n) is 16.4. The van der Waals surface area contributed by atoms with Gasteiger partial charge in [0.05, 0.1) is 15.2 Å². The monoisotopic (exact) mass is 473 g/mol. The largest absolute Gasteiger partial charge is 0.322 e. The average Bonchev–Trinajstić information content (AvgIpc) is 3.07. The maximum absolute atomic E-state index is 13.4. The van der Waals surface area contributed by atoms with Crippen LogP contribution in [-0.2, 0) is 14.6 Å². The highest BCUT2D eigenvalue weighted by molar-refractivity contribution is 7.92. The van der Waals surface area contributed by atoms with Gasteiger partial charge in [0, 0.05) is 29.8 Å². The first-order chi connectivity index (χ1) is 14.6. The first-order valence-corrected chi connectivity index (χ1v) is 11.4. The second kappa shape index (κ2) is 9.00. The lowest BCUT2D eigenvalue weighted by atomic mass is 10.0. The molecule has 1 aliphatic carbocycles. The van der Waals surface area contributed by atoms with E-state index >= 15 is 0 Å². The van der Waals surface area contributed by atoms with Crippen molar-refractivity contribution in [2.24, 2.45) is 11.8 Å². The molecule has 0 spiro atoms. The summed E-state index contributed by atoms with van der Waals surface area (Å²) < 4.78 is 66.6.